The number of Topliss-reactive ketones (excluding diaryl/α,β-unsaturated/α-hetero) is 1. The van der Waals surface area contributed by atoms with Gasteiger partial charge in [-0.3, -0.25) is 14.6 Å². The standard InChI is InChI=1S/C25H32N2O6/c1-2-32-25(29)21-13-19-18(15-27-5-9-31-10-6-27)16-33-22-12-17(11-20(23(19)22)24(21)28)14-26-3-7-30-8-4-26/h11-13,18-19H,2-10,14-16H2,1H3. The first kappa shape index (κ1) is 22.5. The van der Waals surface area contributed by atoms with Gasteiger partial charge in [-0.05, 0) is 24.6 Å². The van der Waals surface area contributed by atoms with Crippen LogP contribution in [0.4, 0.5) is 0 Å². The van der Waals surface area contributed by atoms with E-state index in [2.05, 4.69) is 15.9 Å². The highest BCUT2D eigenvalue weighted by Crippen LogP contribution is 2.45. The molecule has 2 atom stereocenters. The van der Waals surface area contributed by atoms with Crippen LogP contribution >= 0.6 is 0 Å². The van der Waals surface area contributed by atoms with Crippen molar-refractivity contribution in [3.63, 3.8) is 0 Å². The van der Waals surface area contributed by atoms with Crippen LogP contribution in [0, 0.1) is 5.92 Å². The molecule has 8 nitrogen and oxygen atoms in total. The third-order valence-corrected chi connectivity index (χ3v) is 6.93. The molecule has 3 aliphatic heterocycles. The smallest absolute Gasteiger partial charge is 0.341 e. The van der Waals surface area contributed by atoms with Gasteiger partial charge >= 0.3 is 5.97 Å². The van der Waals surface area contributed by atoms with Gasteiger partial charge < -0.3 is 18.9 Å². The van der Waals surface area contributed by atoms with Gasteiger partial charge in [0.25, 0.3) is 0 Å². The molecule has 1 aromatic rings. The molecule has 0 N–H and O–H groups in total. The molecule has 2 unspecified atom stereocenters. The third-order valence-electron chi connectivity index (χ3n) is 6.93. The molecule has 0 bridgehead atoms. The van der Waals surface area contributed by atoms with Crippen molar-refractivity contribution in [1.29, 1.82) is 0 Å². The molecule has 1 aliphatic carbocycles. The first-order valence-corrected chi connectivity index (χ1v) is 12.0. The number of esters is 1. The molecule has 0 amide bonds. The van der Waals surface area contributed by atoms with Crippen LogP contribution in [0.15, 0.2) is 23.8 Å². The summed E-state index contributed by atoms with van der Waals surface area (Å²) in [6, 6.07) is 4.03. The molecule has 5 rings (SSSR count). The van der Waals surface area contributed by atoms with Crippen molar-refractivity contribution in [1.82, 2.24) is 9.80 Å². The quantitative estimate of drug-likeness (QED) is 0.472. The van der Waals surface area contributed by atoms with Gasteiger partial charge in [0.15, 0.2) is 5.78 Å². The Hall–Kier alpha value is -2.26. The summed E-state index contributed by atoms with van der Waals surface area (Å²) in [5.74, 6) is 0.0647. The fourth-order valence-electron chi connectivity index (χ4n) is 5.25. The van der Waals surface area contributed by atoms with Gasteiger partial charge in [0.1, 0.15) is 11.3 Å². The number of carbonyl (C=O) groups is 2. The van der Waals surface area contributed by atoms with E-state index >= 15 is 0 Å². The minimum absolute atomic E-state index is 0.0545. The maximum Gasteiger partial charge on any atom is 0.341 e. The number of ether oxygens (including phenoxy) is 4. The van der Waals surface area contributed by atoms with Gasteiger partial charge in [-0.1, -0.05) is 6.08 Å². The van der Waals surface area contributed by atoms with Crippen LogP contribution in [-0.4, -0.2) is 93.9 Å². The van der Waals surface area contributed by atoms with Gasteiger partial charge in [-0.15, -0.1) is 0 Å². The Morgan fingerprint density at radius 2 is 1.76 bits per heavy atom. The summed E-state index contributed by atoms with van der Waals surface area (Å²) in [6.07, 6.45) is 1.83. The second-order valence-corrected chi connectivity index (χ2v) is 9.08. The summed E-state index contributed by atoms with van der Waals surface area (Å²) in [6.45, 7) is 10.5. The van der Waals surface area contributed by atoms with E-state index < -0.39 is 5.97 Å². The van der Waals surface area contributed by atoms with Crippen LogP contribution in [0.5, 0.6) is 5.75 Å². The molecule has 0 saturated carbocycles. The van der Waals surface area contributed by atoms with Crippen molar-refractivity contribution < 1.29 is 28.5 Å². The lowest BCUT2D eigenvalue weighted by atomic mass is 9.74. The van der Waals surface area contributed by atoms with Crippen molar-refractivity contribution in [3.05, 3.63) is 40.5 Å². The number of rotatable bonds is 6. The minimum Gasteiger partial charge on any atom is -0.493 e. The molecule has 0 radical (unpaired) electrons. The fraction of sp³-hybridized carbons (Fsp3) is 0.600. The summed E-state index contributed by atoms with van der Waals surface area (Å²) in [7, 11) is 0. The molecule has 0 spiro atoms. The van der Waals surface area contributed by atoms with E-state index in [1.165, 1.54) is 0 Å². The van der Waals surface area contributed by atoms with Crippen molar-refractivity contribution in [2.75, 3.05) is 72.4 Å². The van der Waals surface area contributed by atoms with Gasteiger partial charge in [0.2, 0.25) is 0 Å². The number of morpholine rings is 2. The summed E-state index contributed by atoms with van der Waals surface area (Å²) in [4.78, 5) is 30.8. The molecular formula is C25H32N2O6. The first-order chi connectivity index (χ1) is 16.1. The SMILES string of the molecule is CCOC(=O)C1=CC2c3c(cc(CN4CCOCC4)cc3C1=O)OCC2CN1CCOCC1. The maximum atomic E-state index is 13.4. The highest BCUT2D eigenvalue weighted by molar-refractivity contribution is 6.26. The predicted molar refractivity (Wildman–Crippen MR) is 121 cm³/mol. The van der Waals surface area contributed by atoms with Crippen molar-refractivity contribution in [3.8, 4) is 5.75 Å². The lowest BCUT2D eigenvalue weighted by Gasteiger charge is -2.39. The largest absolute Gasteiger partial charge is 0.493 e. The molecule has 2 fully saturated rings. The van der Waals surface area contributed by atoms with E-state index in [1.54, 1.807) is 6.92 Å². The monoisotopic (exact) mass is 456 g/mol. The third kappa shape index (κ3) is 4.71. The first-order valence-electron chi connectivity index (χ1n) is 12.0. The van der Waals surface area contributed by atoms with E-state index in [0.29, 0.717) is 25.4 Å². The van der Waals surface area contributed by atoms with Gasteiger partial charge in [-0.2, -0.15) is 0 Å². The summed E-state index contributed by atoms with van der Waals surface area (Å²) >= 11 is 0. The Morgan fingerprint density at radius 3 is 2.45 bits per heavy atom. The van der Waals surface area contributed by atoms with Gasteiger partial charge in [0.05, 0.1) is 39.6 Å². The highest BCUT2D eigenvalue weighted by Gasteiger charge is 2.41. The minimum atomic E-state index is -0.537. The number of hydrogen-bond donors (Lipinski definition) is 0. The van der Waals surface area contributed by atoms with Crippen LogP contribution in [0.3, 0.4) is 0 Å². The lowest BCUT2D eigenvalue weighted by molar-refractivity contribution is -0.138. The van der Waals surface area contributed by atoms with Gasteiger partial charge in [0, 0.05) is 62.2 Å². The molecule has 3 heterocycles. The average Bonchev–Trinajstić information content (AvgIpc) is 2.83. The Labute approximate surface area is 194 Å². The van der Waals surface area contributed by atoms with Crippen molar-refractivity contribution >= 4 is 11.8 Å². The molecule has 8 heteroatoms. The second kappa shape index (κ2) is 9.93. The molecule has 1 aromatic carbocycles. The molecule has 4 aliphatic rings. The Bertz CT molecular complexity index is 933. The van der Waals surface area contributed by atoms with E-state index in [9.17, 15) is 9.59 Å². The number of ketones is 1. The van der Waals surface area contributed by atoms with Crippen molar-refractivity contribution in [2.45, 2.75) is 19.4 Å². The molecule has 33 heavy (non-hydrogen) atoms. The van der Waals surface area contributed by atoms with E-state index in [-0.39, 0.29) is 29.8 Å². The Morgan fingerprint density at radius 1 is 1.06 bits per heavy atom. The molecular weight excluding hydrogens is 424 g/mol. The highest BCUT2D eigenvalue weighted by atomic mass is 16.5. The lowest BCUT2D eigenvalue weighted by Crippen LogP contribution is -2.43. The van der Waals surface area contributed by atoms with Gasteiger partial charge in [-0.25, -0.2) is 4.79 Å². The van der Waals surface area contributed by atoms with Crippen LogP contribution in [-0.2, 0) is 25.5 Å². The van der Waals surface area contributed by atoms with E-state index in [4.69, 9.17) is 18.9 Å². The number of hydrogen-bond acceptors (Lipinski definition) is 8. The number of allylic oxidation sites excluding steroid dienone is 1. The topological polar surface area (TPSA) is 77.5 Å². The zero-order valence-electron chi connectivity index (χ0n) is 19.2. The number of benzene rings is 1. The van der Waals surface area contributed by atoms with Crippen LogP contribution in [0.25, 0.3) is 0 Å². The van der Waals surface area contributed by atoms with Crippen LogP contribution in [0.1, 0.15) is 34.3 Å². The average molecular weight is 457 g/mol. The second-order valence-electron chi connectivity index (χ2n) is 9.08. The normalized spacial score (nSPS) is 25.7. The number of nitrogens with zero attached hydrogens (tertiary/aromatic N) is 2. The Kier molecular flexibility index (Phi) is 6.78. The Balaban J connectivity index is 1.48. The van der Waals surface area contributed by atoms with Crippen molar-refractivity contribution in [2.24, 2.45) is 5.92 Å². The predicted octanol–water partition coefficient (Wildman–Crippen LogP) is 1.63. The van der Waals surface area contributed by atoms with Crippen LogP contribution < -0.4 is 4.74 Å². The fourth-order valence-corrected chi connectivity index (χ4v) is 5.25. The summed E-state index contributed by atoms with van der Waals surface area (Å²) in [5.41, 5.74) is 2.67. The zero-order valence-corrected chi connectivity index (χ0v) is 19.2. The summed E-state index contributed by atoms with van der Waals surface area (Å²) in [5, 5.41) is 0. The van der Waals surface area contributed by atoms with Crippen LogP contribution in [0.2, 0.25) is 0 Å². The van der Waals surface area contributed by atoms with E-state index in [1.807, 2.05) is 12.1 Å². The molecule has 178 valence electrons. The summed E-state index contributed by atoms with van der Waals surface area (Å²) < 4.78 is 22.4. The number of carbonyl (C=O) groups excluding carboxylic acids is 2. The molecule has 0 aromatic heterocycles. The zero-order chi connectivity index (χ0) is 22.8. The molecule has 2 saturated heterocycles. The maximum absolute atomic E-state index is 13.4. The van der Waals surface area contributed by atoms with E-state index in [0.717, 1.165) is 69.4 Å².